The third-order valence-corrected chi connectivity index (χ3v) is 4.03. The van der Waals surface area contributed by atoms with Crippen LogP contribution in [-0.4, -0.2) is 25.3 Å². The number of anilines is 2. The minimum absolute atomic E-state index is 0.0462. The van der Waals surface area contributed by atoms with Crippen molar-refractivity contribution in [2.24, 2.45) is 5.14 Å². The second-order valence-corrected chi connectivity index (χ2v) is 6.54. The molecule has 9 heteroatoms. The number of rotatable bonds is 3. The number of benzene rings is 2. The third kappa shape index (κ3) is 4.31. The van der Waals surface area contributed by atoms with E-state index >= 15 is 0 Å². The second kappa shape index (κ2) is 6.69. The molecule has 2 rings (SSSR count). The number of aryl methyl sites for hydroxylation is 1. The van der Waals surface area contributed by atoms with Gasteiger partial charge in [-0.25, -0.2) is 13.6 Å². The lowest BCUT2D eigenvalue weighted by molar-refractivity contribution is -0.133. The Morgan fingerprint density at radius 1 is 1.00 bits per heavy atom. The smallest absolute Gasteiger partial charge is 0.314 e. The average molecular weight is 349 g/mol. The maximum absolute atomic E-state index is 11.9. The van der Waals surface area contributed by atoms with E-state index in [1.165, 1.54) is 42.5 Å². The molecule has 5 N–H and O–H groups in total. The molecule has 0 aromatic heterocycles. The van der Waals surface area contributed by atoms with Crippen molar-refractivity contribution in [1.29, 1.82) is 0 Å². The fourth-order valence-corrected chi connectivity index (χ4v) is 2.40. The first-order valence-corrected chi connectivity index (χ1v) is 8.26. The van der Waals surface area contributed by atoms with Gasteiger partial charge in [-0.3, -0.25) is 9.59 Å². The van der Waals surface area contributed by atoms with Gasteiger partial charge in [-0.2, -0.15) is 0 Å². The van der Waals surface area contributed by atoms with Crippen molar-refractivity contribution in [2.75, 3.05) is 10.6 Å². The lowest BCUT2D eigenvalue weighted by atomic mass is 10.2. The minimum Gasteiger partial charge on any atom is -0.508 e. The van der Waals surface area contributed by atoms with Gasteiger partial charge in [0.25, 0.3) is 0 Å². The largest absolute Gasteiger partial charge is 0.508 e. The summed E-state index contributed by atoms with van der Waals surface area (Å²) in [6.45, 7) is 1.67. The number of nitrogens with two attached hydrogens (primary N) is 1. The summed E-state index contributed by atoms with van der Waals surface area (Å²) in [4.78, 5) is 23.6. The summed E-state index contributed by atoms with van der Waals surface area (Å²) in [6.07, 6.45) is 0. The molecule has 0 saturated heterocycles. The van der Waals surface area contributed by atoms with Crippen molar-refractivity contribution in [1.82, 2.24) is 0 Å². The zero-order valence-corrected chi connectivity index (χ0v) is 13.4. The molecule has 0 aliphatic rings. The van der Waals surface area contributed by atoms with Gasteiger partial charge in [-0.15, -0.1) is 0 Å². The van der Waals surface area contributed by atoms with Gasteiger partial charge >= 0.3 is 11.8 Å². The van der Waals surface area contributed by atoms with Crippen LogP contribution in [0.2, 0.25) is 0 Å². The Hall–Kier alpha value is -2.91. The van der Waals surface area contributed by atoms with Crippen molar-refractivity contribution >= 4 is 33.2 Å². The van der Waals surface area contributed by atoms with Crippen LogP contribution in [0.4, 0.5) is 11.4 Å². The normalized spacial score (nSPS) is 10.9. The highest BCUT2D eigenvalue weighted by atomic mass is 32.2. The van der Waals surface area contributed by atoms with E-state index in [9.17, 15) is 23.1 Å². The van der Waals surface area contributed by atoms with Crippen LogP contribution in [0.1, 0.15) is 5.56 Å². The zero-order valence-electron chi connectivity index (χ0n) is 12.6. The monoisotopic (exact) mass is 349 g/mol. The fourth-order valence-electron chi connectivity index (χ4n) is 1.88. The quantitative estimate of drug-likeness (QED) is 0.482. The van der Waals surface area contributed by atoms with Gasteiger partial charge in [-0.05, 0) is 55.0 Å². The molecular formula is C15H15N3O5S. The highest BCUT2D eigenvalue weighted by molar-refractivity contribution is 7.89. The van der Waals surface area contributed by atoms with Crippen LogP contribution in [-0.2, 0) is 19.6 Å². The Kier molecular flexibility index (Phi) is 4.86. The van der Waals surface area contributed by atoms with E-state index in [1.807, 2.05) is 0 Å². The number of carbonyl (C=O) groups excluding carboxylic acids is 2. The van der Waals surface area contributed by atoms with Gasteiger partial charge < -0.3 is 15.7 Å². The van der Waals surface area contributed by atoms with Gasteiger partial charge in [0.05, 0.1) is 4.90 Å². The SMILES string of the molecule is Cc1cc(O)ccc1NC(=O)C(=O)Nc1ccc(S(N)(=O)=O)cc1. The molecule has 0 bridgehead atoms. The van der Waals surface area contributed by atoms with Gasteiger partial charge in [-0.1, -0.05) is 0 Å². The molecule has 2 amide bonds. The Morgan fingerprint density at radius 2 is 1.58 bits per heavy atom. The molecule has 0 fully saturated rings. The lowest BCUT2D eigenvalue weighted by Gasteiger charge is -2.09. The van der Waals surface area contributed by atoms with Crippen LogP contribution in [0.25, 0.3) is 0 Å². The number of phenolic OH excluding ortho intramolecular Hbond substituents is 1. The molecule has 24 heavy (non-hydrogen) atoms. The summed E-state index contributed by atoms with van der Waals surface area (Å²) in [6, 6.07) is 9.36. The molecule has 0 saturated carbocycles. The Labute approximate surface area is 138 Å². The fraction of sp³-hybridized carbons (Fsp3) is 0.0667. The molecule has 2 aromatic carbocycles. The summed E-state index contributed by atoms with van der Waals surface area (Å²) in [7, 11) is -3.83. The van der Waals surface area contributed by atoms with E-state index in [4.69, 9.17) is 5.14 Å². The number of sulfonamides is 1. The molecule has 0 spiro atoms. The zero-order chi connectivity index (χ0) is 17.9. The van der Waals surface area contributed by atoms with Gasteiger partial charge in [0, 0.05) is 11.4 Å². The number of hydrogen-bond donors (Lipinski definition) is 4. The van der Waals surface area contributed by atoms with Crippen LogP contribution in [0.5, 0.6) is 5.75 Å². The maximum Gasteiger partial charge on any atom is 0.314 e. The number of nitrogens with one attached hydrogen (secondary N) is 2. The number of primary sulfonamides is 1. The molecular weight excluding hydrogens is 334 g/mol. The molecule has 0 radical (unpaired) electrons. The van der Waals surface area contributed by atoms with Gasteiger partial charge in [0.2, 0.25) is 10.0 Å². The Morgan fingerprint density at radius 3 is 2.12 bits per heavy atom. The van der Waals surface area contributed by atoms with Crippen LogP contribution in [0.3, 0.4) is 0 Å². The third-order valence-electron chi connectivity index (χ3n) is 3.11. The molecule has 2 aromatic rings. The molecule has 0 aliphatic heterocycles. The number of amides is 2. The van der Waals surface area contributed by atoms with Gasteiger partial charge in [0.1, 0.15) is 5.75 Å². The number of hydrogen-bond acceptors (Lipinski definition) is 5. The van der Waals surface area contributed by atoms with E-state index in [0.29, 0.717) is 11.3 Å². The molecule has 0 atom stereocenters. The minimum atomic E-state index is -3.83. The Bertz CT molecular complexity index is 892. The summed E-state index contributed by atoms with van der Waals surface area (Å²) >= 11 is 0. The second-order valence-electron chi connectivity index (χ2n) is 4.98. The van der Waals surface area contributed by atoms with E-state index in [2.05, 4.69) is 10.6 Å². The summed E-state index contributed by atoms with van der Waals surface area (Å²) in [5, 5.41) is 19.0. The number of aromatic hydroxyl groups is 1. The lowest BCUT2D eigenvalue weighted by Crippen LogP contribution is -2.29. The van der Waals surface area contributed by atoms with Crippen molar-refractivity contribution in [2.45, 2.75) is 11.8 Å². The van der Waals surface area contributed by atoms with E-state index < -0.39 is 21.8 Å². The molecule has 0 aliphatic carbocycles. The highest BCUT2D eigenvalue weighted by Crippen LogP contribution is 2.20. The summed E-state index contributed by atoms with van der Waals surface area (Å²) < 4.78 is 22.3. The maximum atomic E-state index is 11.9. The summed E-state index contributed by atoms with van der Waals surface area (Å²) in [5.41, 5.74) is 1.22. The van der Waals surface area contributed by atoms with E-state index in [0.717, 1.165) is 0 Å². The first-order valence-electron chi connectivity index (χ1n) is 6.71. The average Bonchev–Trinajstić information content (AvgIpc) is 2.49. The van der Waals surface area contributed by atoms with Crippen molar-refractivity contribution in [3.05, 3.63) is 48.0 Å². The summed E-state index contributed by atoms with van der Waals surface area (Å²) in [5.74, 6) is -1.78. The first-order chi connectivity index (χ1) is 11.2. The standard InChI is InChI=1S/C15H15N3O5S/c1-9-8-11(19)4-7-13(9)18-15(21)14(20)17-10-2-5-12(6-3-10)24(16,22)23/h2-8,19H,1H3,(H,17,20)(H,18,21)(H2,16,22,23). The first kappa shape index (κ1) is 17.4. The van der Waals surface area contributed by atoms with Crippen molar-refractivity contribution in [3.8, 4) is 5.75 Å². The van der Waals surface area contributed by atoms with Crippen molar-refractivity contribution < 1.29 is 23.1 Å². The number of phenols is 1. The molecule has 126 valence electrons. The van der Waals surface area contributed by atoms with Gasteiger partial charge in [0.15, 0.2) is 0 Å². The topological polar surface area (TPSA) is 139 Å². The predicted molar refractivity (Wildman–Crippen MR) is 87.9 cm³/mol. The van der Waals surface area contributed by atoms with Crippen molar-refractivity contribution in [3.63, 3.8) is 0 Å². The molecule has 0 unspecified atom stereocenters. The van der Waals surface area contributed by atoms with E-state index in [-0.39, 0.29) is 16.3 Å². The van der Waals surface area contributed by atoms with Crippen LogP contribution >= 0.6 is 0 Å². The highest BCUT2D eigenvalue weighted by Gasteiger charge is 2.15. The number of carbonyl (C=O) groups is 2. The van der Waals surface area contributed by atoms with Crippen LogP contribution in [0.15, 0.2) is 47.4 Å². The molecule has 8 nitrogen and oxygen atoms in total. The van der Waals surface area contributed by atoms with E-state index in [1.54, 1.807) is 6.92 Å². The predicted octanol–water partition coefficient (Wildman–Crippen LogP) is 0.925. The van der Waals surface area contributed by atoms with Crippen LogP contribution < -0.4 is 15.8 Å². The van der Waals surface area contributed by atoms with Crippen LogP contribution in [0, 0.1) is 6.92 Å². The Balaban J connectivity index is 2.05. The molecule has 0 heterocycles.